The minimum atomic E-state index is -0.239. The van der Waals surface area contributed by atoms with E-state index in [9.17, 15) is 0 Å². The molecule has 6 nitrogen and oxygen atoms in total. The van der Waals surface area contributed by atoms with Gasteiger partial charge in [0.2, 0.25) is 0 Å². The van der Waals surface area contributed by atoms with Crippen molar-refractivity contribution in [2.45, 2.75) is 32.0 Å². The maximum absolute atomic E-state index is 4.46. The summed E-state index contributed by atoms with van der Waals surface area (Å²) in [5, 5.41) is 17.5. The van der Waals surface area contributed by atoms with Gasteiger partial charge in [-0.15, -0.1) is 0 Å². The van der Waals surface area contributed by atoms with E-state index in [2.05, 4.69) is 66.1 Å². The van der Waals surface area contributed by atoms with Crippen LogP contribution in [0.4, 0.5) is 11.5 Å². The third kappa shape index (κ3) is 3.31. The summed E-state index contributed by atoms with van der Waals surface area (Å²) < 4.78 is 0.862. The molecule has 4 rings (SSSR count). The fourth-order valence-corrected chi connectivity index (χ4v) is 2.96. The van der Waals surface area contributed by atoms with Crippen molar-refractivity contribution in [3.8, 4) is 0 Å². The first kappa shape index (κ1) is 15.3. The first-order valence-electron chi connectivity index (χ1n) is 8.03. The maximum Gasteiger partial charge on any atom is 0.195 e. The first-order chi connectivity index (χ1) is 11.7. The number of halogens is 1. The highest BCUT2D eigenvalue weighted by atomic mass is 79.9. The Morgan fingerprint density at radius 3 is 2.88 bits per heavy atom. The van der Waals surface area contributed by atoms with E-state index >= 15 is 0 Å². The molecule has 7 heteroatoms. The van der Waals surface area contributed by atoms with E-state index < -0.39 is 0 Å². The Morgan fingerprint density at radius 1 is 1.25 bits per heavy atom. The quantitative estimate of drug-likeness (QED) is 0.632. The monoisotopic (exact) mass is 386 g/mol. The van der Waals surface area contributed by atoms with E-state index in [4.69, 9.17) is 0 Å². The summed E-state index contributed by atoms with van der Waals surface area (Å²) >= 11 is 3.53. The Labute approximate surface area is 149 Å². The zero-order valence-electron chi connectivity index (χ0n) is 13.3. The molecule has 1 fully saturated rings. The van der Waals surface area contributed by atoms with Crippen LogP contribution in [0, 0.1) is 6.92 Å². The highest BCUT2D eigenvalue weighted by Crippen LogP contribution is 2.39. The van der Waals surface area contributed by atoms with Gasteiger partial charge in [0.25, 0.3) is 0 Å². The number of nitrogens with one attached hydrogen (secondary N) is 4. The number of aromatic amines is 1. The van der Waals surface area contributed by atoms with Gasteiger partial charge in [-0.3, -0.25) is 5.10 Å². The van der Waals surface area contributed by atoms with Gasteiger partial charge >= 0.3 is 0 Å². The van der Waals surface area contributed by atoms with Crippen LogP contribution in [0.2, 0.25) is 0 Å². The maximum atomic E-state index is 4.46. The lowest BCUT2D eigenvalue weighted by atomic mass is 10.2. The second-order valence-corrected chi connectivity index (χ2v) is 6.97. The van der Waals surface area contributed by atoms with Crippen LogP contribution in [-0.2, 0) is 0 Å². The Morgan fingerprint density at radius 2 is 2.08 bits per heavy atom. The molecule has 0 saturated heterocycles. The topological polar surface area (TPSA) is 77.1 Å². The zero-order valence-corrected chi connectivity index (χ0v) is 14.9. The molecule has 0 spiro atoms. The number of H-pyrrole nitrogens is 1. The molecule has 0 bridgehead atoms. The highest BCUT2D eigenvalue weighted by Gasteiger charge is 2.26. The normalized spacial score (nSPS) is 20.0. The van der Waals surface area contributed by atoms with Crippen LogP contribution in [0.15, 0.2) is 45.6 Å². The van der Waals surface area contributed by atoms with Gasteiger partial charge in [-0.1, -0.05) is 18.2 Å². The number of aromatic nitrogens is 2. The third-order valence-corrected chi connectivity index (χ3v) is 4.76. The lowest BCUT2D eigenvalue weighted by Crippen LogP contribution is -2.39. The number of aliphatic imine (C=N–C) groups is 1. The van der Waals surface area contributed by atoms with Crippen molar-refractivity contribution in [3.05, 3.63) is 51.9 Å². The zero-order chi connectivity index (χ0) is 16.5. The number of nitrogens with zero attached hydrogens (tertiary/aromatic N) is 2. The molecule has 2 aromatic rings. The summed E-state index contributed by atoms with van der Waals surface area (Å²) in [6.07, 6.45) is 4.06. The van der Waals surface area contributed by atoms with E-state index in [1.165, 1.54) is 24.1 Å². The number of anilines is 2. The molecule has 1 aromatic heterocycles. The summed E-state index contributed by atoms with van der Waals surface area (Å²) in [6.45, 7) is 2.07. The molecule has 1 aromatic carbocycles. The predicted molar refractivity (Wildman–Crippen MR) is 100 cm³/mol. The second kappa shape index (κ2) is 6.32. The molecule has 1 aliphatic heterocycles. The van der Waals surface area contributed by atoms with Gasteiger partial charge in [-0.05, 0) is 47.3 Å². The first-order valence-corrected chi connectivity index (χ1v) is 8.82. The molecule has 1 unspecified atom stereocenters. The van der Waals surface area contributed by atoms with E-state index in [1.54, 1.807) is 6.21 Å². The van der Waals surface area contributed by atoms with Crippen LogP contribution in [0.5, 0.6) is 0 Å². The number of hydrogen-bond donors (Lipinski definition) is 4. The number of para-hydroxylation sites is 1. The van der Waals surface area contributed by atoms with E-state index in [0.717, 1.165) is 21.8 Å². The Bertz CT molecular complexity index is 805. The second-order valence-electron chi connectivity index (χ2n) is 6.12. The van der Waals surface area contributed by atoms with Gasteiger partial charge in [0.05, 0.1) is 4.48 Å². The molecule has 0 amide bonds. The smallest absolute Gasteiger partial charge is 0.195 e. The summed E-state index contributed by atoms with van der Waals surface area (Å²) in [7, 11) is 0. The van der Waals surface area contributed by atoms with Gasteiger partial charge in [0.1, 0.15) is 5.82 Å². The number of benzene rings is 1. The Kier molecular flexibility index (Phi) is 4.02. The van der Waals surface area contributed by atoms with Crippen molar-refractivity contribution in [2.75, 3.05) is 10.6 Å². The number of hydrogen-bond acceptors (Lipinski definition) is 5. The van der Waals surface area contributed by atoms with Crippen LogP contribution >= 0.6 is 15.9 Å². The molecule has 1 atom stereocenters. The fourth-order valence-electron chi connectivity index (χ4n) is 2.63. The summed E-state index contributed by atoms with van der Waals surface area (Å²) in [5.74, 6) is 2.30. The summed E-state index contributed by atoms with van der Waals surface area (Å²) in [5.41, 5.74) is 3.44. The summed E-state index contributed by atoms with van der Waals surface area (Å²) in [4.78, 5) is 4.46. The molecule has 2 heterocycles. The van der Waals surface area contributed by atoms with Crippen molar-refractivity contribution in [1.29, 1.82) is 0 Å². The van der Waals surface area contributed by atoms with Crippen molar-refractivity contribution < 1.29 is 0 Å². The largest absolute Gasteiger partial charge is 0.347 e. The van der Waals surface area contributed by atoms with Crippen LogP contribution < -0.4 is 16.0 Å². The molecule has 24 heavy (non-hydrogen) atoms. The van der Waals surface area contributed by atoms with Gasteiger partial charge in [-0.2, -0.15) is 5.10 Å². The van der Waals surface area contributed by atoms with Crippen molar-refractivity contribution >= 4 is 33.6 Å². The lowest BCUT2D eigenvalue weighted by Gasteiger charge is -2.25. The van der Waals surface area contributed by atoms with Crippen molar-refractivity contribution in [3.63, 3.8) is 0 Å². The number of aryl methyl sites for hydroxylation is 1. The minimum Gasteiger partial charge on any atom is -0.347 e. The average Bonchev–Trinajstić information content (AvgIpc) is 3.33. The average molecular weight is 387 g/mol. The SMILES string of the molecule is Cc1ccccc1NC1N=CC(Br)=C(Nc2cc(C3CC3)[nH]n2)N1. The molecular weight excluding hydrogens is 368 g/mol. The van der Waals surface area contributed by atoms with Crippen molar-refractivity contribution in [2.24, 2.45) is 4.99 Å². The van der Waals surface area contributed by atoms with Gasteiger partial charge in [0.15, 0.2) is 12.1 Å². The Balaban J connectivity index is 1.44. The molecule has 1 aliphatic carbocycles. The Hall–Kier alpha value is -2.28. The van der Waals surface area contributed by atoms with E-state index in [-0.39, 0.29) is 6.29 Å². The van der Waals surface area contributed by atoms with Crippen LogP contribution in [-0.4, -0.2) is 22.7 Å². The number of rotatable bonds is 5. The standard InChI is InChI=1S/C17H19BrN6/c1-10-4-2-3-5-13(10)20-17-19-9-12(18)16(22-17)21-15-8-14(23-24-15)11-6-7-11/h2-5,8-9,11,17,20,22H,6-7H2,1H3,(H2,21,23,24). The van der Waals surface area contributed by atoms with Crippen LogP contribution in [0.3, 0.4) is 0 Å². The third-order valence-electron chi connectivity index (χ3n) is 4.16. The summed E-state index contributed by atoms with van der Waals surface area (Å²) in [6, 6.07) is 10.2. The van der Waals surface area contributed by atoms with Gasteiger partial charge in [0, 0.05) is 29.6 Å². The fraction of sp³-hybridized carbons (Fsp3) is 0.294. The van der Waals surface area contributed by atoms with Crippen LogP contribution in [0.25, 0.3) is 0 Å². The predicted octanol–water partition coefficient (Wildman–Crippen LogP) is 3.64. The molecule has 124 valence electrons. The lowest BCUT2D eigenvalue weighted by molar-refractivity contribution is 0.653. The van der Waals surface area contributed by atoms with Crippen LogP contribution in [0.1, 0.15) is 30.0 Å². The van der Waals surface area contributed by atoms with E-state index in [0.29, 0.717) is 5.92 Å². The minimum absolute atomic E-state index is 0.239. The molecule has 2 aliphatic rings. The molecule has 4 N–H and O–H groups in total. The van der Waals surface area contributed by atoms with Crippen molar-refractivity contribution in [1.82, 2.24) is 15.5 Å². The molecular formula is C17H19BrN6. The van der Waals surface area contributed by atoms with Gasteiger partial charge in [-0.25, -0.2) is 4.99 Å². The highest BCUT2D eigenvalue weighted by molar-refractivity contribution is 9.12. The van der Waals surface area contributed by atoms with E-state index in [1.807, 2.05) is 18.2 Å². The van der Waals surface area contributed by atoms with Gasteiger partial charge < -0.3 is 16.0 Å². The molecule has 1 saturated carbocycles. The molecule has 0 radical (unpaired) electrons. The number of allylic oxidation sites excluding steroid dienone is 1.